The van der Waals surface area contributed by atoms with Crippen LogP contribution in [0.1, 0.15) is 25.0 Å². The van der Waals surface area contributed by atoms with Gasteiger partial charge in [0.25, 0.3) is 0 Å². The zero-order chi connectivity index (χ0) is 12.8. The number of hydrogen-bond acceptors (Lipinski definition) is 4. The van der Waals surface area contributed by atoms with Crippen LogP contribution < -0.4 is 0 Å². The highest BCUT2D eigenvalue weighted by atomic mass is 16.5. The van der Waals surface area contributed by atoms with E-state index in [1.807, 2.05) is 0 Å². The van der Waals surface area contributed by atoms with Crippen molar-refractivity contribution in [3.63, 3.8) is 0 Å². The molecule has 2 rings (SSSR count). The first-order valence-corrected chi connectivity index (χ1v) is 5.88. The molecule has 0 saturated heterocycles. The number of rotatable bonds is 5. The van der Waals surface area contributed by atoms with Gasteiger partial charge in [0.05, 0.1) is 5.69 Å². The molecule has 4 heteroatoms. The summed E-state index contributed by atoms with van der Waals surface area (Å²) in [4.78, 5) is 19.4. The van der Waals surface area contributed by atoms with Crippen molar-refractivity contribution in [1.29, 1.82) is 0 Å². The third kappa shape index (κ3) is 3.70. The van der Waals surface area contributed by atoms with Crippen LogP contribution >= 0.6 is 0 Å². The number of aromatic nitrogens is 2. The second-order valence-corrected chi connectivity index (χ2v) is 4.19. The summed E-state index contributed by atoms with van der Waals surface area (Å²) in [5.41, 5.74) is 0.668. The van der Waals surface area contributed by atoms with Crippen molar-refractivity contribution in [3.8, 4) is 12.3 Å². The summed E-state index contributed by atoms with van der Waals surface area (Å²) in [5, 5.41) is 0. The summed E-state index contributed by atoms with van der Waals surface area (Å²) >= 11 is 0. The van der Waals surface area contributed by atoms with Crippen molar-refractivity contribution >= 4 is 12.0 Å². The van der Waals surface area contributed by atoms with E-state index in [0.29, 0.717) is 18.0 Å². The van der Waals surface area contributed by atoms with E-state index in [-0.39, 0.29) is 12.1 Å². The lowest BCUT2D eigenvalue weighted by Crippen LogP contribution is -2.18. The molecule has 1 heterocycles. The summed E-state index contributed by atoms with van der Waals surface area (Å²) in [6.07, 6.45) is 13.8. The van der Waals surface area contributed by atoms with E-state index in [2.05, 4.69) is 15.9 Å². The van der Waals surface area contributed by atoms with Gasteiger partial charge in [-0.2, -0.15) is 0 Å². The predicted octanol–water partition coefficient (Wildman–Crippen LogP) is 1.83. The molecular formula is C14H14N2O2. The van der Waals surface area contributed by atoms with Crippen molar-refractivity contribution in [2.45, 2.75) is 25.4 Å². The Kier molecular flexibility index (Phi) is 4.08. The van der Waals surface area contributed by atoms with Crippen molar-refractivity contribution in [2.75, 3.05) is 0 Å². The van der Waals surface area contributed by atoms with E-state index >= 15 is 0 Å². The first kappa shape index (κ1) is 12.3. The lowest BCUT2D eigenvalue weighted by Gasteiger charge is -2.12. The summed E-state index contributed by atoms with van der Waals surface area (Å²) in [5.74, 6) is 2.61. The van der Waals surface area contributed by atoms with E-state index in [4.69, 9.17) is 11.2 Å². The number of nitrogens with zero attached hydrogens (tertiary/aromatic N) is 2. The van der Waals surface area contributed by atoms with Gasteiger partial charge in [0.15, 0.2) is 0 Å². The van der Waals surface area contributed by atoms with Crippen molar-refractivity contribution in [1.82, 2.24) is 9.97 Å². The summed E-state index contributed by atoms with van der Waals surface area (Å²) in [6.45, 7) is 0. The molecule has 0 N–H and O–H groups in total. The molecule has 1 unspecified atom stereocenters. The van der Waals surface area contributed by atoms with Crippen LogP contribution in [0.2, 0.25) is 0 Å². The molecule has 0 amide bonds. The summed E-state index contributed by atoms with van der Waals surface area (Å²) < 4.78 is 5.32. The number of carbonyl (C=O) groups excluding carboxylic acids is 1. The topological polar surface area (TPSA) is 52.1 Å². The smallest absolute Gasteiger partial charge is 0.331 e. The van der Waals surface area contributed by atoms with Gasteiger partial charge in [0, 0.05) is 18.7 Å². The average molecular weight is 242 g/mol. The van der Waals surface area contributed by atoms with Crippen molar-refractivity contribution < 1.29 is 9.53 Å². The zero-order valence-corrected chi connectivity index (χ0v) is 9.95. The maximum atomic E-state index is 11.6. The second kappa shape index (κ2) is 5.97. The van der Waals surface area contributed by atoms with Crippen LogP contribution in [0.25, 0.3) is 6.08 Å². The van der Waals surface area contributed by atoms with Crippen LogP contribution in [0.15, 0.2) is 24.7 Å². The fourth-order valence-electron chi connectivity index (χ4n) is 1.63. The molecule has 0 aliphatic heterocycles. The Bertz CT molecular complexity index is 472. The standard InChI is InChI=1S/C14H14N2O2/c1-2-3-13(11-4-5-11)18-14(17)7-6-12-8-9-15-10-16-12/h1,6-11,13H,3-5H2/b7-6+. The van der Waals surface area contributed by atoms with Gasteiger partial charge >= 0.3 is 5.97 Å². The van der Waals surface area contributed by atoms with Gasteiger partial charge in [-0.3, -0.25) is 0 Å². The van der Waals surface area contributed by atoms with Gasteiger partial charge in [-0.05, 0) is 30.9 Å². The second-order valence-electron chi connectivity index (χ2n) is 4.19. The first-order chi connectivity index (χ1) is 8.79. The van der Waals surface area contributed by atoms with Gasteiger partial charge in [-0.1, -0.05) is 0 Å². The molecular weight excluding hydrogens is 228 g/mol. The van der Waals surface area contributed by atoms with Crippen LogP contribution in [0.4, 0.5) is 0 Å². The molecule has 0 spiro atoms. The molecule has 1 saturated carbocycles. The molecule has 0 aromatic carbocycles. The van der Waals surface area contributed by atoms with E-state index in [0.717, 1.165) is 12.8 Å². The highest BCUT2D eigenvalue weighted by Crippen LogP contribution is 2.35. The van der Waals surface area contributed by atoms with Crippen LogP contribution in [-0.2, 0) is 9.53 Å². The maximum absolute atomic E-state index is 11.6. The predicted molar refractivity (Wildman–Crippen MR) is 67.1 cm³/mol. The number of ether oxygens (including phenoxy) is 1. The monoisotopic (exact) mass is 242 g/mol. The molecule has 0 bridgehead atoms. The lowest BCUT2D eigenvalue weighted by molar-refractivity contribution is -0.143. The van der Waals surface area contributed by atoms with E-state index in [1.54, 1.807) is 18.3 Å². The Balaban J connectivity index is 1.88. The minimum atomic E-state index is -0.374. The Morgan fingerprint density at radius 3 is 3.11 bits per heavy atom. The summed E-state index contributed by atoms with van der Waals surface area (Å²) in [7, 11) is 0. The Morgan fingerprint density at radius 1 is 1.67 bits per heavy atom. The highest BCUT2D eigenvalue weighted by Gasteiger charge is 2.33. The third-order valence-corrected chi connectivity index (χ3v) is 2.73. The van der Waals surface area contributed by atoms with Crippen molar-refractivity contribution in [3.05, 3.63) is 30.4 Å². The van der Waals surface area contributed by atoms with Gasteiger partial charge in [-0.15, -0.1) is 12.3 Å². The van der Waals surface area contributed by atoms with E-state index in [9.17, 15) is 4.79 Å². The largest absolute Gasteiger partial charge is 0.458 e. The maximum Gasteiger partial charge on any atom is 0.331 e. The van der Waals surface area contributed by atoms with Crippen molar-refractivity contribution in [2.24, 2.45) is 5.92 Å². The highest BCUT2D eigenvalue weighted by molar-refractivity contribution is 5.86. The van der Waals surface area contributed by atoms with Crippen LogP contribution in [0.5, 0.6) is 0 Å². The fraction of sp³-hybridized carbons (Fsp3) is 0.357. The van der Waals surface area contributed by atoms with Crippen LogP contribution in [-0.4, -0.2) is 22.0 Å². The minimum absolute atomic E-state index is 0.141. The minimum Gasteiger partial charge on any atom is -0.458 e. The molecule has 1 atom stereocenters. The third-order valence-electron chi connectivity index (χ3n) is 2.73. The van der Waals surface area contributed by atoms with E-state index < -0.39 is 0 Å². The first-order valence-electron chi connectivity index (χ1n) is 5.88. The van der Waals surface area contributed by atoms with E-state index in [1.165, 1.54) is 12.4 Å². The number of esters is 1. The molecule has 4 nitrogen and oxygen atoms in total. The van der Waals surface area contributed by atoms with Crippen LogP contribution in [0, 0.1) is 18.3 Å². The van der Waals surface area contributed by atoms with Gasteiger partial charge in [0.1, 0.15) is 12.4 Å². The van der Waals surface area contributed by atoms with Crippen LogP contribution in [0.3, 0.4) is 0 Å². The molecule has 1 aromatic rings. The quantitative estimate of drug-likeness (QED) is 0.449. The summed E-state index contributed by atoms with van der Waals surface area (Å²) in [6, 6.07) is 1.71. The molecule has 1 aliphatic rings. The molecule has 0 radical (unpaired) electrons. The normalized spacial score (nSPS) is 16.2. The molecule has 18 heavy (non-hydrogen) atoms. The lowest BCUT2D eigenvalue weighted by atomic mass is 10.2. The fourth-order valence-corrected chi connectivity index (χ4v) is 1.63. The SMILES string of the molecule is C#CCC(OC(=O)/C=C/c1ccncn1)C1CC1. The average Bonchev–Trinajstić information content (AvgIpc) is 3.21. The zero-order valence-electron chi connectivity index (χ0n) is 9.95. The Hall–Kier alpha value is -2.15. The number of hydrogen-bond donors (Lipinski definition) is 0. The Morgan fingerprint density at radius 2 is 2.50 bits per heavy atom. The molecule has 1 aromatic heterocycles. The number of terminal acetylenes is 1. The van der Waals surface area contributed by atoms with Gasteiger partial charge in [0.2, 0.25) is 0 Å². The Labute approximate surface area is 106 Å². The van der Waals surface area contributed by atoms with Gasteiger partial charge in [-0.25, -0.2) is 14.8 Å². The number of carbonyl (C=O) groups is 1. The molecule has 1 aliphatic carbocycles. The molecule has 92 valence electrons. The van der Waals surface area contributed by atoms with Gasteiger partial charge < -0.3 is 4.74 Å². The molecule has 1 fully saturated rings.